The molecule has 0 spiro atoms. The zero-order valence-electron chi connectivity index (χ0n) is 11.4. The van der Waals surface area contributed by atoms with Crippen LogP contribution in [0.5, 0.6) is 11.5 Å². The summed E-state index contributed by atoms with van der Waals surface area (Å²) < 4.78 is 11.1. The van der Waals surface area contributed by atoms with Crippen molar-refractivity contribution in [3.8, 4) is 11.5 Å². The van der Waals surface area contributed by atoms with Crippen LogP contribution in [0, 0.1) is 0 Å². The highest BCUT2D eigenvalue weighted by Gasteiger charge is 2.32. The molecule has 0 aliphatic carbocycles. The van der Waals surface area contributed by atoms with Gasteiger partial charge in [0, 0.05) is 6.54 Å². The van der Waals surface area contributed by atoms with Gasteiger partial charge in [0.25, 0.3) is 0 Å². The Morgan fingerprint density at radius 2 is 1.89 bits per heavy atom. The lowest BCUT2D eigenvalue weighted by Gasteiger charge is -2.29. The fourth-order valence-corrected chi connectivity index (χ4v) is 2.88. The van der Waals surface area contributed by atoms with Crippen LogP contribution in [0.4, 0.5) is 0 Å². The van der Waals surface area contributed by atoms with E-state index in [9.17, 15) is 5.11 Å². The Labute approximate surface area is 113 Å². The Morgan fingerprint density at radius 1 is 1.11 bits per heavy atom. The van der Waals surface area contributed by atoms with E-state index in [1.165, 1.54) is 0 Å². The number of aliphatic hydroxyl groups is 1. The molecule has 4 heteroatoms. The molecule has 1 unspecified atom stereocenters. The predicted octanol–water partition coefficient (Wildman–Crippen LogP) is 1.76. The van der Waals surface area contributed by atoms with E-state index in [0.717, 1.165) is 49.4 Å². The highest BCUT2D eigenvalue weighted by Crippen LogP contribution is 2.38. The lowest BCUT2D eigenvalue weighted by atomic mass is 9.86. The first-order chi connectivity index (χ1) is 9.17. The van der Waals surface area contributed by atoms with E-state index >= 15 is 0 Å². The molecule has 1 N–H and O–H groups in total. The molecule has 3 rings (SSSR count). The van der Waals surface area contributed by atoms with E-state index in [4.69, 9.17) is 9.47 Å². The van der Waals surface area contributed by atoms with Crippen LogP contribution in [0.3, 0.4) is 0 Å². The topological polar surface area (TPSA) is 41.9 Å². The highest BCUT2D eigenvalue weighted by molar-refractivity contribution is 5.45. The lowest BCUT2D eigenvalue weighted by Crippen LogP contribution is -2.28. The molecule has 2 aliphatic heterocycles. The second-order valence-corrected chi connectivity index (χ2v) is 5.55. The first-order valence-corrected chi connectivity index (χ1v) is 6.98. The van der Waals surface area contributed by atoms with Gasteiger partial charge in [0.1, 0.15) is 13.2 Å². The Bertz CT molecular complexity index is 463. The standard InChI is InChI=1S/C15H21NO3/c1-16-7-2-5-15(17,6-8-16)12-3-4-13-14(11-12)19-10-9-18-13/h3-4,11,17H,2,5-10H2,1H3. The maximum atomic E-state index is 10.9. The summed E-state index contributed by atoms with van der Waals surface area (Å²) in [6.45, 7) is 3.15. The molecule has 1 atom stereocenters. The fourth-order valence-electron chi connectivity index (χ4n) is 2.88. The van der Waals surface area contributed by atoms with Crippen molar-refractivity contribution in [2.75, 3.05) is 33.4 Å². The van der Waals surface area contributed by atoms with Gasteiger partial charge >= 0.3 is 0 Å². The molecule has 1 fully saturated rings. The first kappa shape index (κ1) is 12.8. The summed E-state index contributed by atoms with van der Waals surface area (Å²) in [5.74, 6) is 1.54. The predicted molar refractivity (Wildman–Crippen MR) is 72.7 cm³/mol. The van der Waals surface area contributed by atoms with Crippen molar-refractivity contribution in [1.29, 1.82) is 0 Å². The zero-order valence-corrected chi connectivity index (χ0v) is 11.4. The van der Waals surface area contributed by atoms with Crippen LogP contribution in [-0.4, -0.2) is 43.4 Å². The Kier molecular flexibility index (Phi) is 3.37. The normalized spacial score (nSPS) is 27.9. The molecule has 0 radical (unpaired) electrons. The highest BCUT2D eigenvalue weighted by atomic mass is 16.6. The number of nitrogens with zero attached hydrogens (tertiary/aromatic N) is 1. The number of hydrogen-bond acceptors (Lipinski definition) is 4. The second kappa shape index (κ2) is 5.02. The van der Waals surface area contributed by atoms with Gasteiger partial charge in [-0.1, -0.05) is 6.07 Å². The van der Waals surface area contributed by atoms with E-state index in [2.05, 4.69) is 11.9 Å². The van der Waals surface area contributed by atoms with Crippen molar-refractivity contribution in [2.24, 2.45) is 0 Å². The van der Waals surface area contributed by atoms with Crippen molar-refractivity contribution in [2.45, 2.75) is 24.9 Å². The maximum absolute atomic E-state index is 10.9. The third-order valence-corrected chi connectivity index (χ3v) is 4.12. The lowest BCUT2D eigenvalue weighted by molar-refractivity contribution is 0.0213. The quantitative estimate of drug-likeness (QED) is 0.838. The number of benzene rings is 1. The van der Waals surface area contributed by atoms with Gasteiger partial charge in [-0.3, -0.25) is 0 Å². The average Bonchev–Trinajstić information content (AvgIpc) is 2.61. The molecule has 19 heavy (non-hydrogen) atoms. The van der Waals surface area contributed by atoms with Gasteiger partial charge < -0.3 is 19.5 Å². The van der Waals surface area contributed by atoms with Crippen LogP contribution in [-0.2, 0) is 5.60 Å². The summed E-state index contributed by atoms with van der Waals surface area (Å²) in [6.07, 6.45) is 2.58. The molecule has 104 valence electrons. The number of hydrogen-bond donors (Lipinski definition) is 1. The second-order valence-electron chi connectivity index (χ2n) is 5.55. The van der Waals surface area contributed by atoms with Crippen molar-refractivity contribution in [1.82, 2.24) is 4.90 Å². The molecule has 2 heterocycles. The molecule has 0 amide bonds. The van der Waals surface area contributed by atoms with Gasteiger partial charge in [0.05, 0.1) is 5.60 Å². The van der Waals surface area contributed by atoms with E-state index in [-0.39, 0.29) is 0 Å². The molecule has 1 saturated heterocycles. The van der Waals surface area contributed by atoms with Gasteiger partial charge in [-0.25, -0.2) is 0 Å². The van der Waals surface area contributed by atoms with Gasteiger partial charge in [-0.15, -0.1) is 0 Å². The van der Waals surface area contributed by atoms with Crippen LogP contribution < -0.4 is 9.47 Å². The van der Waals surface area contributed by atoms with Crippen molar-refractivity contribution >= 4 is 0 Å². The molecule has 0 aromatic heterocycles. The summed E-state index contributed by atoms with van der Waals surface area (Å²) in [4.78, 5) is 2.27. The minimum Gasteiger partial charge on any atom is -0.486 e. The van der Waals surface area contributed by atoms with E-state index < -0.39 is 5.60 Å². The van der Waals surface area contributed by atoms with Gasteiger partial charge in [-0.05, 0) is 50.6 Å². The monoisotopic (exact) mass is 263 g/mol. The number of rotatable bonds is 1. The van der Waals surface area contributed by atoms with Crippen molar-refractivity contribution in [3.63, 3.8) is 0 Å². The SMILES string of the molecule is CN1CCCC(O)(c2ccc3c(c2)OCCO3)CC1. The van der Waals surface area contributed by atoms with Crippen LogP contribution in [0.15, 0.2) is 18.2 Å². The first-order valence-electron chi connectivity index (χ1n) is 6.98. The van der Waals surface area contributed by atoms with Crippen LogP contribution in [0.25, 0.3) is 0 Å². The van der Waals surface area contributed by atoms with Crippen molar-refractivity contribution in [3.05, 3.63) is 23.8 Å². The minimum atomic E-state index is -0.736. The van der Waals surface area contributed by atoms with Gasteiger partial charge in [0.2, 0.25) is 0 Å². The molecular formula is C15H21NO3. The van der Waals surface area contributed by atoms with Crippen molar-refractivity contribution < 1.29 is 14.6 Å². The number of likely N-dealkylation sites (tertiary alicyclic amines) is 1. The summed E-state index contributed by atoms with van der Waals surface area (Å²) in [5.41, 5.74) is 0.215. The third-order valence-electron chi connectivity index (χ3n) is 4.12. The van der Waals surface area contributed by atoms with Crippen LogP contribution in [0.1, 0.15) is 24.8 Å². The molecule has 2 aliphatic rings. The Balaban J connectivity index is 1.88. The maximum Gasteiger partial charge on any atom is 0.161 e. The molecule has 0 saturated carbocycles. The number of ether oxygens (including phenoxy) is 2. The van der Waals surface area contributed by atoms with E-state index in [1.807, 2.05) is 18.2 Å². The average molecular weight is 263 g/mol. The Morgan fingerprint density at radius 3 is 2.74 bits per heavy atom. The van der Waals surface area contributed by atoms with Gasteiger partial charge in [-0.2, -0.15) is 0 Å². The van der Waals surface area contributed by atoms with Crippen LogP contribution in [0.2, 0.25) is 0 Å². The molecular weight excluding hydrogens is 242 g/mol. The van der Waals surface area contributed by atoms with Crippen LogP contribution >= 0.6 is 0 Å². The minimum absolute atomic E-state index is 0.581. The largest absolute Gasteiger partial charge is 0.486 e. The molecule has 4 nitrogen and oxygen atoms in total. The molecule has 0 bridgehead atoms. The zero-order chi connectivity index (χ0) is 13.3. The summed E-state index contributed by atoms with van der Waals surface area (Å²) in [5, 5.41) is 10.9. The molecule has 1 aromatic rings. The summed E-state index contributed by atoms with van der Waals surface area (Å²) in [7, 11) is 2.11. The smallest absolute Gasteiger partial charge is 0.161 e. The number of fused-ring (bicyclic) bond motifs is 1. The summed E-state index contributed by atoms with van der Waals surface area (Å²) in [6, 6.07) is 5.83. The van der Waals surface area contributed by atoms with E-state index in [1.54, 1.807) is 0 Å². The molecule has 1 aromatic carbocycles. The Hall–Kier alpha value is -1.26. The fraction of sp³-hybridized carbons (Fsp3) is 0.600. The van der Waals surface area contributed by atoms with Gasteiger partial charge in [0.15, 0.2) is 11.5 Å². The summed E-state index contributed by atoms with van der Waals surface area (Å²) >= 11 is 0. The van der Waals surface area contributed by atoms with E-state index in [0.29, 0.717) is 13.2 Å². The third kappa shape index (κ3) is 2.55.